The van der Waals surface area contributed by atoms with Crippen LogP contribution in [0, 0.1) is 0 Å². The Morgan fingerprint density at radius 1 is 0.944 bits per heavy atom. The smallest absolute Gasteiger partial charge is 0.199 e. The highest BCUT2D eigenvalue weighted by Crippen LogP contribution is 2.38. The van der Waals surface area contributed by atoms with Crippen LogP contribution in [0.15, 0.2) is 42.6 Å². The van der Waals surface area contributed by atoms with E-state index in [1.165, 1.54) is 12.3 Å². The van der Waals surface area contributed by atoms with Gasteiger partial charge in [0.25, 0.3) is 0 Å². The number of fused-ring (bicyclic) bond motifs is 1. The van der Waals surface area contributed by atoms with E-state index in [2.05, 4.69) is 4.98 Å². The lowest BCUT2D eigenvalue weighted by molar-refractivity contribution is 0.105. The number of carbonyl (C=O) groups is 1. The van der Waals surface area contributed by atoms with E-state index in [0.29, 0.717) is 11.1 Å². The van der Waals surface area contributed by atoms with Gasteiger partial charge in [-0.25, -0.2) is 0 Å². The summed E-state index contributed by atoms with van der Waals surface area (Å²) in [6.45, 7) is 0. The van der Waals surface area contributed by atoms with Crippen LogP contribution in [0.1, 0.15) is 21.6 Å². The summed E-state index contributed by atoms with van der Waals surface area (Å²) < 4.78 is 0. The highest BCUT2D eigenvalue weighted by Gasteiger charge is 2.32. The summed E-state index contributed by atoms with van der Waals surface area (Å²) in [5.41, 5.74) is 1.06. The summed E-state index contributed by atoms with van der Waals surface area (Å²) in [6, 6.07) is 9.76. The van der Waals surface area contributed by atoms with Crippen molar-refractivity contribution in [2.75, 3.05) is 0 Å². The first-order chi connectivity index (χ1) is 8.70. The third-order valence-corrected chi connectivity index (χ3v) is 2.91. The molecule has 0 unspecified atom stereocenters. The minimum atomic E-state index is -0.322. The van der Waals surface area contributed by atoms with Gasteiger partial charge < -0.3 is 10.2 Å². The quantitative estimate of drug-likeness (QED) is 0.801. The molecule has 0 radical (unpaired) electrons. The van der Waals surface area contributed by atoms with Gasteiger partial charge in [0.2, 0.25) is 0 Å². The Morgan fingerprint density at radius 2 is 1.67 bits per heavy atom. The predicted molar refractivity (Wildman–Crippen MR) is 66.1 cm³/mol. The maximum absolute atomic E-state index is 12.2. The first kappa shape index (κ1) is 10.5. The second-order valence-electron chi connectivity index (χ2n) is 3.97. The van der Waals surface area contributed by atoms with E-state index in [1.54, 1.807) is 30.3 Å². The van der Waals surface area contributed by atoms with E-state index >= 15 is 0 Å². The lowest BCUT2D eigenvalue weighted by Crippen LogP contribution is -2.00. The van der Waals surface area contributed by atoms with Crippen LogP contribution in [0.3, 0.4) is 0 Å². The van der Waals surface area contributed by atoms with Crippen LogP contribution in [0.5, 0.6) is 5.75 Å². The van der Waals surface area contributed by atoms with Crippen LogP contribution in [-0.2, 0) is 0 Å². The van der Waals surface area contributed by atoms with Gasteiger partial charge in [-0.15, -0.1) is 0 Å². The summed E-state index contributed by atoms with van der Waals surface area (Å²) >= 11 is 0. The van der Waals surface area contributed by atoms with Crippen molar-refractivity contribution in [1.82, 2.24) is 4.98 Å². The second-order valence-corrected chi connectivity index (χ2v) is 3.97. The number of aromatic nitrogens is 1. The van der Waals surface area contributed by atoms with Gasteiger partial charge in [-0.05, 0) is 12.1 Å². The minimum absolute atomic E-state index is 0.0503. The molecule has 0 bridgehead atoms. The van der Waals surface area contributed by atoms with Gasteiger partial charge in [0.15, 0.2) is 5.78 Å². The Bertz CT molecular complexity index is 689. The largest absolute Gasteiger partial charge is 0.506 e. The number of aliphatic hydroxyl groups is 1. The summed E-state index contributed by atoms with van der Waals surface area (Å²) in [7, 11) is 0. The molecule has 88 valence electrons. The summed E-state index contributed by atoms with van der Waals surface area (Å²) in [5.74, 6) is -0.582. The maximum atomic E-state index is 12.2. The van der Waals surface area contributed by atoms with Gasteiger partial charge in [-0.3, -0.25) is 9.78 Å². The average molecular weight is 239 g/mol. The van der Waals surface area contributed by atoms with E-state index in [-0.39, 0.29) is 28.6 Å². The average Bonchev–Trinajstić information content (AvgIpc) is 2.64. The van der Waals surface area contributed by atoms with Crippen LogP contribution in [0.2, 0.25) is 0 Å². The third kappa shape index (κ3) is 1.32. The Hall–Kier alpha value is -2.62. The normalized spacial score (nSPS) is 13.9. The number of aliphatic hydroxyl groups excluding tert-OH is 1. The zero-order valence-corrected chi connectivity index (χ0v) is 9.29. The lowest BCUT2D eigenvalue weighted by Gasteiger charge is -2.03. The molecule has 2 N–H and O–H groups in total. The third-order valence-electron chi connectivity index (χ3n) is 2.91. The molecular formula is C14H9NO3. The molecule has 1 aromatic heterocycles. The number of rotatable bonds is 1. The molecule has 0 aliphatic heterocycles. The molecule has 1 aliphatic rings. The standard InChI is InChI=1S/C14H9NO3/c16-10-6-3-7-15-12(10)11-13(17)8-4-1-2-5-9(8)14(11)18/h1-7,16-17H. The van der Waals surface area contributed by atoms with Gasteiger partial charge in [0, 0.05) is 17.3 Å². The van der Waals surface area contributed by atoms with Crippen LogP contribution in [-0.4, -0.2) is 21.0 Å². The number of hydrogen-bond donors (Lipinski definition) is 2. The van der Waals surface area contributed by atoms with Crippen molar-refractivity contribution in [3.63, 3.8) is 0 Å². The SMILES string of the molecule is O=C1C(c2ncccc2O)=C(O)c2ccccc21. The molecule has 0 saturated heterocycles. The number of aromatic hydroxyl groups is 1. The fraction of sp³-hybridized carbons (Fsp3) is 0. The number of benzene rings is 1. The van der Waals surface area contributed by atoms with Gasteiger partial charge in [0.05, 0.1) is 5.57 Å². The van der Waals surface area contributed by atoms with Crippen molar-refractivity contribution >= 4 is 17.1 Å². The van der Waals surface area contributed by atoms with Gasteiger partial charge in [-0.2, -0.15) is 0 Å². The molecule has 1 aromatic carbocycles. The molecule has 18 heavy (non-hydrogen) atoms. The Morgan fingerprint density at radius 3 is 2.33 bits per heavy atom. The molecule has 0 amide bonds. The predicted octanol–water partition coefficient (Wildman–Crippen LogP) is 2.41. The Labute approximate surface area is 103 Å². The molecule has 1 aliphatic carbocycles. The van der Waals surface area contributed by atoms with Crippen molar-refractivity contribution in [2.45, 2.75) is 0 Å². The fourth-order valence-electron chi connectivity index (χ4n) is 2.07. The molecule has 1 heterocycles. The minimum Gasteiger partial charge on any atom is -0.506 e. The molecule has 0 atom stereocenters. The van der Waals surface area contributed by atoms with E-state index in [9.17, 15) is 15.0 Å². The van der Waals surface area contributed by atoms with Crippen molar-refractivity contribution in [3.05, 3.63) is 59.4 Å². The second kappa shape index (κ2) is 3.70. The van der Waals surface area contributed by atoms with Crippen molar-refractivity contribution in [1.29, 1.82) is 0 Å². The lowest BCUT2D eigenvalue weighted by atomic mass is 10.1. The number of hydrogen-bond acceptors (Lipinski definition) is 4. The topological polar surface area (TPSA) is 70.4 Å². The van der Waals surface area contributed by atoms with E-state index in [4.69, 9.17) is 0 Å². The van der Waals surface area contributed by atoms with Crippen LogP contribution >= 0.6 is 0 Å². The zero-order valence-electron chi connectivity index (χ0n) is 9.29. The van der Waals surface area contributed by atoms with Crippen molar-refractivity contribution in [2.24, 2.45) is 0 Å². The molecule has 4 heteroatoms. The van der Waals surface area contributed by atoms with E-state index < -0.39 is 0 Å². The zero-order chi connectivity index (χ0) is 12.7. The molecule has 4 nitrogen and oxygen atoms in total. The maximum Gasteiger partial charge on any atom is 0.199 e. The fourth-order valence-corrected chi connectivity index (χ4v) is 2.07. The van der Waals surface area contributed by atoms with Crippen LogP contribution in [0.25, 0.3) is 11.3 Å². The highest BCUT2D eigenvalue weighted by molar-refractivity contribution is 6.38. The molecule has 0 fully saturated rings. The molecule has 0 saturated carbocycles. The van der Waals surface area contributed by atoms with Crippen molar-refractivity contribution < 1.29 is 15.0 Å². The van der Waals surface area contributed by atoms with Gasteiger partial charge in [0.1, 0.15) is 17.2 Å². The number of ketones is 1. The number of allylic oxidation sites excluding steroid dienone is 1. The molecule has 3 rings (SSSR count). The number of nitrogens with zero attached hydrogens (tertiary/aromatic N) is 1. The van der Waals surface area contributed by atoms with E-state index in [0.717, 1.165) is 0 Å². The first-order valence-electron chi connectivity index (χ1n) is 5.42. The highest BCUT2D eigenvalue weighted by atomic mass is 16.3. The van der Waals surface area contributed by atoms with E-state index in [1.807, 2.05) is 0 Å². The molecular weight excluding hydrogens is 230 g/mol. The number of pyridine rings is 1. The number of carbonyl (C=O) groups excluding carboxylic acids is 1. The van der Waals surface area contributed by atoms with Crippen LogP contribution < -0.4 is 0 Å². The monoisotopic (exact) mass is 239 g/mol. The number of Topliss-reactive ketones (excluding diaryl/α,β-unsaturated/α-hetero) is 1. The van der Waals surface area contributed by atoms with Gasteiger partial charge >= 0.3 is 0 Å². The van der Waals surface area contributed by atoms with Crippen LogP contribution in [0.4, 0.5) is 0 Å². The Kier molecular flexibility index (Phi) is 2.16. The van der Waals surface area contributed by atoms with Gasteiger partial charge in [-0.1, -0.05) is 24.3 Å². The summed E-state index contributed by atoms with van der Waals surface area (Å²) in [6.07, 6.45) is 1.46. The first-order valence-corrected chi connectivity index (χ1v) is 5.42. The van der Waals surface area contributed by atoms with Crippen molar-refractivity contribution in [3.8, 4) is 5.75 Å². The molecule has 0 spiro atoms. The summed E-state index contributed by atoms with van der Waals surface area (Å²) in [4.78, 5) is 16.1. The molecule has 2 aromatic rings. The summed E-state index contributed by atoms with van der Waals surface area (Å²) in [5, 5.41) is 19.8. The Balaban J connectivity index is 2.25.